The fourth-order valence-corrected chi connectivity index (χ4v) is 8.92. The number of hydrogen-bond acceptors (Lipinski definition) is 6. The average Bonchev–Trinajstić information content (AvgIpc) is 3.34. The molecule has 5 aliphatic rings. The van der Waals surface area contributed by atoms with Gasteiger partial charge in [-0.2, -0.15) is 0 Å². The Morgan fingerprint density at radius 1 is 1.00 bits per heavy atom. The molecule has 4 bridgehead atoms. The van der Waals surface area contributed by atoms with Crippen molar-refractivity contribution >= 4 is 29.3 Å². The maximum absolute atomic E-state index is 13.6. The van der Waals surface area contributed by atoms with E-state index >= 15 is 0 Å². The average molecular weight is 552 g/mol. The molecule has 2 amide bonds. The lowest BCUT2D eigenvalue weighted by Gasteiger charge is -2.55. The van der Waals surface area contributed by atoms with Gasteiger partial charge in [0.1, 0.15) is 5.75 Å². The third kappa shape index (κ3) is 5.83. The summed E-state index contributed by atoms with van der Waals surface area (Å²) < 4.78 is 7.69. The lowest BCUT2D eigenvalue weighted by molar-refractivity contribution is -0.146. The topological polar surface area (TPSA) is 98.1 Å². The molecule has 0 unspecified atom stereocenters. The van der Waals surface area contributed by atoms with Gasteiger partial charge in [-0.1, -0.05) is 31.0 Å². The van der Waals surface area contributed by atoms with Crippen molar-refractivity contribution in [3.8, 4) is 5.75 Å². The van der Waals surface area contributed by atoms with E-state index in [1.165, 1.54) is 50.3 Å². The monoisotopic (exact) mass is 551 g/mol. The SMILES string of the molecule is CCOc1ccc(NC(=O)CSc2nnc(CNC(=O)C34CC5CC(CC(C5)C3)C4)n2C2CCCCC2)cc1. The Bertz CT molecular complexity index is 1140. The number of hydrogen-bond donors (Lipinski definition) is 2. The molecule has 0 atom stereocenters. The van der Waals surface area contributed by atoms with Crippen LogP contribution in [0.1, 0.15) is 89.4 Å². The molecule has 0 spiro atoms. The second kappa shape index (κ2) is 11.5. The van der Waals surface area contributed by atoms with Gasteiger partial charge in [-0.05, 0) is 100 Å². The molecule has 0 aliphatic heterocycles. The smallest absolute Gasteiger partial charge is 0.234 e. The minimum absolute atomic E-state index is 0.0842. The van der Waals surface area contributed by atoms with Gasteiger partial charge in [0.25, 0.3) is 0 Å². The molecule has 0 radical (unpaired) electrons. The lowest BCUT2D eigenvalue weighted by atomic mass is 9.49. The maximum atomic E-state index is 13.6. The first-order chi connectivity index (χ1) is 19.0. The summed E-state index contributed by atoms with van der Waals surface area (Å²) in [6, 6.07) is 7.73. The molecule has 5 saturated carbocycles. The van der Waals surface area contributed by atoms with Gasteiger partial charge in [0.15, 0.2) is 11.0 Å². The molecule has 9 heteroatoms. The molecule has 1 aromatic carbocycles. The number of amides is 2. The predicted molar refractivity (Wildman–Crippen MR) is 152 cm³/mol. The number of anilines is 1. The van der Waals surface area contributed by atoms with Crippen molar-refractivity contribution in [1.29, 1.82) is 0 Å². The van der Waals surface area contributed by atoms with E-state index in [0.717, 1.165) is 72.3 Å². The van der Waals surface area contributed by atoms with Gasteiger partial charge < -0.3 is 19.9 Å². The summed E-state index contributed by atoms with van der Waals surface area (Å²) in [5, 5.41) is 16.1. The van der Waals surface area contributed by atoms with Crippen molar-refractivity contribution in [3.63, 3.8) is 0 Å². The van der Waals surface area contributed by atoms with Crippen molar-refractivity contribution in [2.45, 2.75) is 95.3 Å². The van der Waals surface area contributed by atoms with Gasteiger partial charge in [0, 0.05) is 17.1 Å². The number of aromatic nitrogens is 3. The Kier molecular flexibility index (Phi) is 7.87. The minimum Gasteiger partial charge on any atom is -0.494 e. The van der Waals surface area contributed by atoms with Crippen LogP contribution in [0.5, 0.6) is 5.75 Å². The highest BCUT2D eigenvalue weighted by Crippen LogP contribution is 2.60. The summed E-state index contributed by atoms with van der Waals surface area (Å²) in [6.07, 6.45) is 13.0. The summed E-state index contributed by atoms with van der Waals surface area (Å²) >= 11 is 1.42. The Hall–Kier alpha value is -2.55. The molecule has 39 heavy (non-hydrogen) atoms. The van der Waals surface area contributed by atoms with E-state index in [0.29, 0.717) is 19.2 Å². The first-order valence-corrected chi connectivity index (χ1v) is 15.9. The van der Waals surface area contributed by atoms with Crippen LogP contribution < -0.4 is 15.4 Å². The summed E-state index contributed by atoms with van der Waals surface area (Å²) in [5.74, 6) is 4.21. The first kappa shape index (κ1) is 26.7. The minimum atomic E-state index is -0.166. The van der Waals surface area contributed by atoms with Crippen LogP contribution in [0.3, 0.4) is 0 Å². The fraction of sp³-hybridized carbons (Fsp3) is 0.667. The molecule has 5 aliphatic carbocycles. The van der Waals surface area contributed by atoms with Crippen LogP contribution in [0.15, 0.2) is 29.4 Å². The zero-order valence-electron chi connectivity index (χ0n) is 23.0. The van der Waals surface area contributed by atoms with Crippen molar-refractivity contribution in [1.82, 2.24) is 20.1 Å². The first-order valence-electron chi connectivity index (χ1n) is 14.9. The number of ether oxygens (including phenoxy) is 1. The Morgan fingerprint density at radius 2 is 1.67 bits per heavy atom. The Labute approximate surface area is 235 Å². The van der Waals surface area contributed by atoms with Gasteiger partial charge in [0.05, 0.1) is 18.9 Å². The van der Waals surface area contributed by atoms with Crippen molar-refractivity contribution in [2.75, 3.05) is 17.7 Å². The zero-order valence-corrected chi connectivity index (χ0v) is 23.8. The third-order valence-corrected chi connectivity index (χ3v) is 10.3. The highest BCUT2D eigenvalue weighted by Gasteiger charge is 2.54. The molecular weight excluding hydrogens is 510 g/mol. The number of benzene rings is 1. The van der Waals surface area contributed by atoms with Crippen LogP contribution in [-0.4, -0.2) is 38.9 Å². The number of nitrogens with zero attached hydrogens (tertiary/aromatic N) is 3. The van der Waals surface area contributed by atoms with E-state index < -0.39 is 0 Å². The third-order valence-electron chi connectivity index (χ3n) is 9.38. The van der Waals surface area contributed by atoms with E-state index in [2.05, 4.69) is 25.4 Å². The second-order valence-electron chi connectivity index (χ2n) is 12.2. The predicted octanol–water partition coefficient (Wildman–Crippen LogP) is 5.75. The Morgan fingerprint density at radius 3 is 2.31 bits per heavy atom. The van der Waals surface area contributed by atoms with Crippen LogP contribution in [0.25, 0.3) is 0 Å². The van der Waals surface area contributed by atoms with Gasteiger partial charge in [-0.15, -0.1) is 10.2 Å². The summed E-state index contributed by atoms with van der Waals surface area (Å²) in [6.45, 7) is 2.96. The summed E-state index contributed by atoms with van der Waals surface area (Å²) in [5.41, 5.74) is 0.576. The number of thioether (sulfide) groups is 1. The quantitative estimate of drug-likeness (QED) is 0.365. The molecule has 0 saturated heterocycles. The number of rotatable bonds is 10. The largest absolute Gasteiger partial charge is 0.494 e. The van der Waals surface area contributed by atoms with Crippen LogP contribution in [0, 0.1) is 23.2 Å². The Balaban J connectivity index is 1.10. The van der Waals surface area contributed by atoms with Crippen molar-refractivity contribution in [2.24, 2.45) is 23.2 Å². The molecule has 1 heterocycles. The van der Waals surface area contributed by atoms with E-state index in [1.54, 1.807) is 0 Å². The normalized spacial score (nSPS) is 27.9. The highest BCUT2D eigenvalue weighted by atomic mass is 32.2. The van der Waals surface area contributed by atoms with E-state index in [9.17, 15) is 9.59 Å². The molecule has 1 aromatic heterocycles. The molecular formula is C30H41N5O3S. The molecule has 8 nitrogen and oxygen atoms in total. The molecule has 2 aromatic rings. The van der Waals surface area contributed by atoms with Crippen molar-refractivity contribution < 1.29 is 14.3 Å². The van der Waals surface area contributed by atoms with E-state index in [4.69, 9.17) is 4.74 Å². The van der Waals surface area contributed by atoms with E-state index in [1.807, 2.05) is 31.2 Å². The number of carbonyl (C=O) groups excluding carboxylic acids is 2. The van der Waals surface area contributed by atoms with Gasteiger partial charge in [0.2, 0.25) is 11.8 Å². The maximum Gasteiger partial charge on any atom is 0.234 e. The molecule has 5 fully saturated rings. The van der Waals surface area contributed by atoms with Gasteiger partial charge in [-0.3, -0.25) is 9.59 Å². The second-order valence-corrected chi connectivity index (χ2v) is 13.2. The van der Waals surface area contributed by atoms with Crippen LogP contribution >= 0.6 is 11.8 Å². The zero-order chi connectivity index (χ0) is 26.8. The molecule has 7 rings (SSSR count). The summed E-state index contributed by atoms with van der Waals surface area (Å²) in [7, 11) is 0. The van der Waals surface area contributed by atoms with Gasteiger partial charge in [-0.25, -0.2) is 0 Å². The molecule has 2 N–H and O–H groups in total. The fourth-order valence-electron chi connectivity index (χ4n) is 8.10. The van der Waals surface area contributed by atoms with Gasteiger partial charge >= 0.3 is 0 Å². The highest BCUT2D eigenvalue weighted by molar-refractivity contribution is 7.99. The standard InChI is InChI=1S/C30H41N5O3S/c1-2-38-25-10-8-23(9-11-25)32-27(36)19-39-29-34-33-26(35(29)24-6-4-3-5-7-24)18-31-28(37)30-15-20-12-21(16-30)14-22(13-20)17-30/h8-11,20-22,24H,2-7,12-19H2,1H3,(H,31,37)(H,32,36). The number of nitrogens with one attached hydrogen (secondary N) is 2. The van der Waals surface area contributed by atoms with Crippen LogP contribution in [-0.2, 0) is 16.1 Å². The number of carbonyl (C=O) groups is 2. The van der Waals surface area contributed by atoms with E-state index in [-0.39, 0.29) is 23.0 Å². The molecule has 210 valence electrons. The van der Waals surface area contributed by atoms with Crippen LogP contribution in [0.4, 0.5) is 5.69 Å². The lowest BCUT2D eigenvalue weighted by Crippen LogP contribution is -2.53. The summed E-state index contributed by atoms with van der Waals surface area (Å²) in [4.78, 5) is 26.3. The van der Waals surface area contributed by atoms with Crippen molar-refractivity contribution in [3.05, 3.63) is 30.1 Å². The van der Waals surface area contributed by atoms with Crippen LogP contribution in [0.2, 0.25) is 0 Å².